The van der Waals surface area contributed by atoms with E-state index in [0.29, 0.717) is 0 Å². The fraction of sp³-hybridized carbons (Fsp3) is 0.333. The first kappa shape index (κ1) is 15.9. The van der Waals surface area contributed by atoms with Crippen molar-refractivity contribution < 1.29 is 0 Å². The molecule has 1 heterocycles. The van der Waals surface area contributed by atoms with Crippen molar-refractivity contribution in [1.82, 2.24) is 4.90 Å². The van der Waals surface area contributed by atoms with E-state index in [-0.39, 0.29) is 12.4 Å². The summed E-state index contributed by atoms with van der Waals surface area (Å²) in [6, 6.07) is 15.5. The summed E-state index contributed by atoms with van der Waals surface area (Å²) in [5.41, 5.74) is 6.93. The molecule has 3 heteroatoms. The lowest BCUT2D eigenvalue weighted by Gasteiger charge is -2.19. The van der Waals surface area contributed by atoms with Gasteiger partial charge in [-0.1, -0.05) is 48.0 Å². The van der Waals surface area contributed by atoms with Gasteiger partial charge in [-0.3, -0.25) is 4.90 Å². The maximum atomic E-state index is 3.52. The number of nitrogens with one attached hydrogen (secondary N) is 1. The molecular weight excluding hydrogens is 280 g/mol. The Morgan fingerprint density at radius 3 is 2.57 bits per heavy atom. The molecule has 0 unspecified atom stereocenters. The van der Waals surface area contributed by atoms with Gasteiger partial charge in [0.05, 0.1) is 0 Å². The topological polar surface area (TPSA) is 15.3 Å². The zero-order valence-corrected chi connectivity index (χ0v) is 13.5. The molecule has 0 saturated carbocycles. The number of para-hydroxylation sites is 1. The predicted octanol–water partition coefficient (Wildman–Crippen LogP) is 4.02. The van der Waals surface area contributed by atoms with Crippen molar-refractivity contribution in [3.05, 3.63) is 64.7 Å². The number of hydrogen-bond donors (Lipinski definition) is 1. The summed E-state index contributed by atoms with van der Waals surface area (Å²) in [4.78, 5) is 2.38. The van der Waals surface area contributed by atoms with Crippen molar-refractivity contribution in [2.75, 3.05) is 18.9 Å². The van der Waals surface area contributed by atoms with Crippen LogP contribution >= 0.6 is 12.4 Å². The third-order valence-electron chi connectivity index (χ3n) is 3.95. The summed E-state index contributed by atoms with van der Waals surface area (Å²) < 4.78 is 0. The molecule has 112 valence electrons. The van der Waals surface area contributed by atoms with E-state index in [4.69, 9.17) is 0 Å². The lowest BCUT2D eigenvalue weighted by molar-refractivity contribution is 0.319. The Balaban J connectivity index is 0.00000161. The largest absolute Gasteiger partial charge is 0.384 e. The Bertz CT molecular complexity index is 593. The Hall–Kier alpha value is -1.51. The van der Waals surface area contributed by atoms with Gasteiger partial charge in [-0.25, -0.2) is 0 Å². The molecule has 21 heavy (non-hydrogen) atoms. The van der Waals surface area contributed by atoms with Crippen LogP contribution in [-0.4, -0.2) is 18.5 Å². The van der Waals surface area contributed by atoms with Crippen LogP contribution < -0.4 is 5.32 Å². The highest BCUT2D eigenvalue weighted by molar-refractivity contribution is 5.85. The van der Waals surface area contributed by atoms with Gasteiger partial charge in [0.25, 0.3) is 0 Å². The van der Waals surface area contributed by atoms with Gasteiger partial charge < -0.3 is 5.32 Å². The molecule has 2 aromatic carbocycles. The Labute approximate surface area is 133 Å². The molecule has 0 atom stereocenters. The van der Waals surface area contributed by atoms with E-state index in [9.17, 15) is 0 Å². The standard InChI is InChI=1S/C18H22N2.ClH/c1-14-6-8-15(9-7-14)12-20(2)13-17-5-3-4-16-10-11-19-18(16)17;/h3-9,19H,10-13H2,1-2H3;1H. The molecule has 2 aromatic rings. The predicted molar refractivity (Wildman–Crippen MR) is 92.2 cm³/mol. The van der Waals surface area contributed by atoms with E-state index in [1.165, 1.54) is 27.9 Å². The van der Waals surface area contributed by atoms with Gasteiger partial charge in [-0.2, -0.15) is 0 Å². The number of nitrogens with zero attached hydrogens (tertiary/aromatic N) is 1. The Kier molecular flexibility index (Phi) is 5.27. The summed E-state index contributed by atoms with van der Waals surface area (Å²) in [7, 11) is 2.19. The molecule has 0 bridgehead atoms. The Morgan fingerprint density at radius 2 is 1.81 bits per heavy atom. The summed E-state index contributed by atoms with van der Waals surface area (Å²) in [5, 5.41) is 3.52. The molecule has 0 saturated heterocycles. The van der Waals surface area contributed by atoms with Crippen LogP contribution in [0.3, 0.4) is 0 Å². The number of rotatable bonds is 4. The number of hydrogen-bond acceptors (Lipinski definition) is 2. The number of halogens is 1. The second-order valence-electron chi connectivity index (χ2n) is 5.79. The van der Waals surface area contributed by atoms with Crippen LogP contribution in [0.1, 0.15) is 22.3 Å². The van der Waals surface area contributed by atoms with Gasteiger partial charge in [0.15, 0.2) is 0 Å². The molecule has 0 fully saturated rings. The number of anilines is 1. The second kappa shape index (κ2) is 6.97. The van der Waals surface area contributed by atoms with Gasteiger partial charge in [-0.15, -0.1) is 12.4 Å². The lowest BCUT2D eigenvalue weighted by atomic mass is 10.1. The maximum absolute atomic E-state index is 3.52. The fourth-order valence-electron chi connectivity index (χ4n) is 2.89. The van der Waals surface area contributed by atoms with Crippen molar-refractivity contribution in [2.24, 2.45) is 0 Å². The van der Waals surface area contributed by atoms with E-state index < -0.39 is 0 Å². The van der Waals surface area contributed by atoms with Crippen molar-refractivity contribution in [1.29, 1.82) is 0 Å². The van der Waals surface area contributed by atoms with Crippen LogP contribution in [0.5, 0.6) is 0 Å². The average Bonchev–Trinajstić information content (AvgIpc) is 2.91. The van der Waals surface area contributed by atoms with Crippen LogP contribution in [0.4, 0.5) is 5.69 Å². The maximum Gasteiger partial charge on any atom is 0.0419 e. The minimum atomic E-state index is 0. The van der Waals surface area contributed by atoms with Gasteiger partial charge in [0, 0.05) is 25.3 Å². The zero-order valence-electron chi connectivity index (χ0n) is 12.7. The van der Waals surface area contributed by atoms with Crippen molar-refractivity contribution in [2.45, 2.75) is 26.4 Å². The number of fused-ring (bicyclic) bond motifs is 1. The van der Waals surface area contributed by atoms with Gasteiger partial charge in [0.1, 0.15) is 0 Å². The van der Waals surface area contributed by atoms with Crippen LogP contribution in [0.2, 0.25) is 0 Å². The third-order valence-corrected chi connectivity index (χ3v) is 3.95. The molecule has 0 spiro atoms. The molecule has 1 aliphatic heterocycles. The second-order valence-corrected chi connectivity index (χ2v) is 5.79. The highest BCUT2D eigenvalue weighted by Crippen LogP contribution is 2.27. The van der Waals surface area contributed by atoms with Gasteiger partial charge in [0.2, 0.25) is 0 Å². The molecule has 0 aromatic heterocycles. The lowest BCUT2D eigenvalue weighted by Crippen LogP contribution is -2.18. The smallest absolute Gasteiger partial charge is 0.0419 e. The summed E-state index contributed by atoms with van der Waals surface area (Å²) in [5.74, 6) is 0. The minimum Gasteiger partial charge on any atom is -0.384 e. The molecular formula is C18H23ClN2. The van der Waals surface area contributed by atoms with Crippen LogP contribution in [0.25, 0.3) is 0 Å². The monoisotopic (exact) mass is 302 g/mol. The van der Waals surface area contributed by atoms with Gasteiger partial charge in [-0.05, 0) is 37.1 Å². The number of benzene rings is 2. The SMILES string of the molecule is Cc1ccc(CN(C)Cc2cccc3c2NCC3)cc1.Cl. The zero-order chi connectivity index (χ0) is 13.9. The fourth-order valence-corrected chi connectivity index (χ4v) is 2.89. The first-order chi connectivity index (χ1) is 9.72. The normalized spacial score (nSPS) is 12.7. The van der Waals surface area contributed by atoms with Crippen LogP contribution in [0.15, 0.2) is 42.5 Å². The summed E-state index contributed by atoms with van der Waals surface area (Å²) in [6.45, 7) is 5.19. The van der Waals surface area contributed by atoms with E-state index in [1.807, 2.05) is 0 Å². The highest BCUT2D eigenvalue weighted by atomic mass is 35.5. The van der Waals surface area contributed by atoms with Crippen LogP contribution in [0, 0.1) is 6.92 Å². The van der Waals surface area contributed by atoms with Crippen molar-refractivity contribution in [3.63, 3.8) is 0 Å². The van der Waals surface area contributed by atoms with Crippen molar-refractivity contribution in [3.8, 4) is 0 Å². The van der Waals surface area contributed by atoms with E-state index in [2.05, 4.69) is 66.7 Å². The molecule has 0 radical (unpaired) electrons. The van der Waals surface area contributed by atoms with Crippen molar-refractivity contribution >= 4 is 18.1 Å². The van der Waals surface area contributed by atoms with E-state index in [0.717, 1.165) is 26.1 Å². The summed E-state index contributed by atoms with van der Waals surface area (Å²) in [6.07, 6.45) is 1.16. The molecule has 0 amide bonds. The first-order valence-electron chi connectivity index (χ1n) is 7.31. The minimum absolute atomic E-state index is 0. The highest BCUT2D eigenvalue weighted by Gasteiger charge is 2.14. The van der Waals surface area contributed by atoms with Crippen LogP contribution in [-0.2, 0) is 19.5 Å². The Morgan fingerprint density at radius 1 is 1.05 bits per heavy atom. The molecule has 3 rings (SSSR count). The quantitative estimate of drug-likeness (QED) is 0.918. The molecule has 1 N–H and O–H groups in total. The summed E-state index contributed by atoms with van der Waals surface area (Å²) >= 11 is 0. The molecule has 0 aliphatic carbocycles. The van der Waals surface area contributed by atoms with E-state index in [1.54, 1.807) is 0 Å². The number of aryl methyl sites for hydroxylation is 1. The first-order valence-corrected chi connectivity index (χ1v) is 7.31. The van der Waals surface area contributed by atoms with Gasteiger partial charge >= 0.3 is 0 Å². The molecule has 2 nitrogen and oxygen atoms in total. The third kappa shape index (κ3) is 3.78. The van der Waals surface area contributed by atoms with E-state index >= 15 is 0 Å². The average molecular weight is 303 g/mol. The molecule has 1 aliphatic rings.